The highest BCUT2D eigenvalue weighted by atomic mass is 35.5. The maximum absolute atomic E-state index is 13.2. The van der Waals surface area contributed by atoms with Crippen molar-refractivity contribution in [3.63, 3.8) is 0 Å². The third kappa shape index (κ3) is 4.90. The van der Waals surface area contributed by atoms with Crippen molar-refractivity contribution < 1.29 is 23.5 Å². The Morgan fingerprint density at radius 3 is 2.55 bits per heavy atom. The number of nitrogens with one attached hydrogen (secondary N) is 1. The van der Waals surface area contributed by atoms with Crippen LogP contribution in [0.25, 0.3) is 6.08 Å². The van der Waals surface area contributed by atoms with Crippen molar-refractivity contribution >= 4 is 63.8 Å². The molecule has 1 aliphatic rings. The third-order valence-corrected chi connectivity index (χ3v) is 5.28. The number of rotatable bonds is 5. The lowest BCUT2D eigenvalue weighted by Gasteiger charge is -2.12. The molecule has 2 aromatic rings. The minimum absolute atomic E-state index is 0.117. The van der Waals surface area contributed by atoms with Gasteiger partial charge in [0, 0.05) is 5.69 Å². The van der Waals surface area contributed by atoms with Gasteiger partial charge in [0.25, 0.3) is 11.1 Å². The zero-order valence-electron chi connectivity index (χ0n) is 14.9. The minimum atomic E-state index is -0.630. The first kappa shape index (κ1) is 21.2. The number of ether oxygens (including phenoxy) is 1. The van der Waals surface area contributed by atoms with Crippen LogP contribution in [0.15, 0.2) is 41.3 Å². The number of halogens is 3. The summed E-state index contributed by atoms with van der Waals surface area (Å²) in [6.45, 7) is -0.497. The van der Waals surface area contributed by atoms with Crippen molar-refractivity contribution in [1.29, 1.82) is 0 Å². The van der Waals surface area contributed by atoms with Crippen molar-refractivity contribution in [1.82, 2.24) is 4.90 Å². The molecule has 1 aliphatic heterocycles. The molecule has 1 heterocycles. The second-order valence-electron chi connectivity index (χ2n) is 5.84. The highest BCUT2D eigenvalue weighted by molar-refractivity contribution is 8.18. The van der Waals surface area contributed by atoms with Gasteiger partial charge in [-0.3, -0.25) is 19.3 Å². The Kier molecular flexibility index (Phi) is 6.46. The van der Waals surface area contributed by atoms with E-state index in [1.54, 1.807) is 0 Å². The van der Waals surface area contributed by atoms with Crippen LogP contribution in [0.2, 0.25) is 10.0 Å². The summed E-state index contributed by atoms with van der Waals surface area (Å²) in [7, 11) is 1.42. The van der Waals surface area contributed by atoms with E-state index in [9.17, 15) is 18.8 Å². The Morgan fingerprint density at radius 1 is 1.24 bits per heavy atom. The molecule has 150 valence electrons. The van der Waals surface area contributed by atoms with E-state index in [2.05, 4.69) is 5.32 Å². The molecule has 3 amide bonds. The van der Waals surface area contributed by atoms with Crippen molar-refractivity contribution in [3.8, 4) is 5.75 Å². The molecule has 1 saturated heterocycles. The molecule has 2 aromatic carbocycles. The van der Waals surface area contributed by atoms with Crippen LogP contribution in [0.1, 0.15) is 5.56 Å². The Balaban J connectivity index is 1.74. The summed E-state index contributed by atoms with van der Waals surface area (Å²) in [5, 5.41) is 2.34. The average molecular weight is 455 g/mol. The number of imide groups is 1. The lowest BCUT2D eigenvalue weighted by atomic mass is 10.2. The number of nitrogens with zero attached hydrogens (tertiary/aromatic N) is 1. The van der Waals surface area contributed by atoms with Crippen LogP contribution in [0.3, 0.4) is 0 Å². The lowest BCUT2D eigenvalue weighted by Crippen LogP contribution is -2.36. The topological polar surface area (TPSA) is 75.7 Å². The van der Waals surface area contributed by atoms with E-state index < -0.39 is 29.4 Å². The zero-order chi connectivity index (χ0) is 21.1. The summed E-state index contributed by atoms with van der Waals surface area (Å²) in [6.07, 6.45) is 1.45. The van der Waals surface area contributed by atoms with Crippen molar-refractivity contribution in [2.75, 3.05) is 19.0 Å². The quantitative estimate of drug-likeness (QED) is 0.655. The van der Waals surface area contributed by atoms with Crippen molar-refractivity contribution in [2.45, 2.75) is 0 Å². The summed E-state index contributed by atoms with van der Waals surface area (Å²) < 4.78 is 18.3. The molecule has 0 aromatic heterocycles. The summed E-state index contributed by atoms with van der Waals surface area (Å²) in [5.41, 5.74) is 0.718. The number of carbonyl (C=O) groups excluding carboxylic acids is 3. The lowest BCUT2D eigenvalue weighted by molar-refractivity contribution is -0.127. The van der Waals surface area contributed by atoms with Gasteiger partial charge in [0.05, 0.1) is 22.1 Å². The van der Waals surface area contributed by atoms with Gasteiger partial charge >= 0.3 is 0 Å². The van der Waals surface area contributed by atoms with Crippen molar-refractivity contribution in [2.24, 2.45) is 0 Å². The largest absolute Gasteiger partial charge is 0.494 e. The Morgan fingerprint density at radius 2 is 1.93 bits per heavy atom. The van der Waals surface area contributed by atoms with E-state index in [1.165, 1.54) is 43.5 Å². The molecule has 10 heteroatoms. The molecule has 0 aliphatic carbocycles. The fourth-order valence-corrected chi connectivity index (χ4v) is 4.05. The Labute approximate surface area is 179 Å². The van der Waals surface area contributed by atoms with Gasteiger partial charge in [-0.25, -0.2) is 4.39 Å². The summed E-state index contributed by atoms with van der Waals surface area (Å²) in [6, 6.07) is 8.36. The molecular weight excluding hydrogens is 442 g/mol. The van der Waals surface area contributed by atoms with E-state index in [0.717, 1.165) is 11.0 Å². The smallest absolute Gasteiger partial charge is 0.294 e. The molecule has 29 heavy (non-hydrogen) atoms. The van der Waals surface area contributed by atoms with Crippen molar-refractivity contribution in [3.05, 3.63) is 62.7 Å². The molecule has 6 nitrogen and oxygen atoms in total. The average Bonchev–Trinajstić information content (AvgIpc) is 2.89. The van der Waals surface area contributed by atoms with Gasteiger partial charge in [-0.1, -0.05) is 29.3 Å². The van der Waals surface area contributed by atoms with E-state index in [0.29, 0.717) is 23.1 Å². The normalized spacial score (nSPS) is 15.2. The molecule has 0 bridgehead atoms. The number of methoxy groups -OCH3 is 1. The summed E-state index contributed by atoms with van der Waals surface area (Å²) >= 11 is 12.9. The van der Waals surface area contributed by atoms with Crippen LogP contribution in [0, 0.1) is 5.82 Å². The number of anilines is 1. The Hall–Kier alpha value is -2.55. The molecule has 0 spiro atoms. The third-order valence-electron chi connectivity index (χ3n) is 3.81. The highest BCUT2D eigenvalue weighted by Gasteiger charge is 2.36. The van der Waals surface area contributed by atoms with Gasteiger partial charge in [0.1, 0.15) is 12.4 Å². The standard InChI is InChI=1S/C19H13Cl2FN2O4S/c1-28-17-13(20)5-10(6-14(17)21)7-15-18(26)24(19(27)29-15)9-16(25)23-12-4-2-3-11(22)8-12/h2-8H,9H2,1H3,(H,23,25)/b15-7+. The van der Waals surface area contributed by atoms with Gasteiger partial charge in [0.2, 0.25) is 5.91 Å². The number of amides is 3. The number of thioether (sulfide) groups is 1. The van der Waals surface area contributed by atoms with E-state index in [1.807, 2.05) is 0 Å². The molecule has 0 saturated carbocycles. The van der Waals surface area contributed by atoms with Crippen LogP contribution in [0.4, 0.5) is 14.9 Å². The van der Waals surface area contributed by atoms with Crippen LogP contribution >= 0.6 is 35.0 Å². The summed E-state index contributed by atoms with van der Waals surface area (Å²) in [5.74, 6) is -1.48. The van der Waals surface area contributed by atoms with Gasteiger partial charge in [0.15, 0.2) is 5.75 Å². The fourth-order valence-electron chi connectivity index (χ4n) is 2.56. The molecule has 0 atom stereocenters. The number of hydrogen-bond acceptors (Lipinski definition) is 5. The zero-order valence-corrected chi connectivity index (χ0v) is 17.2. The van der Waals surface area contributed by atoms with E-state index >= 15 is 0 Å². The van der Waals surface area contributed by atoms with E-state index in [-0.39, 0.29) is 20.6 Å². The molecule has 1 N–H and O–H groups in total. The second-order valence-corrected chi connectivity index (χ2v) is 7.65. The van der Waals surface area contributed by atoms with Crippen LogP contribution in [0.5, 0.6) is 5.75 Å². The van der Waals surface area contributed by atoms with E-state index in [4.69, 9.17) is 27.9 Å². The number of benzene rings is 2. The van der Waals surface area contributed by atoms with Crippen LogP contribution in [-0.2, 0) is 9.59 Å². The first-order valence-electron chi connectivity index (χ1n) is 8.12. The van der Waals surface area contributed by atoms with Gasteiger partial charge < -0.3 is 10.1 Å². The number of hydrogen-bond donors (Lipinski definition) is 1. The SMILES string of the molecule is COc1c(Cl)cc(/C=C2/SC(=O)N(CC(=O)Nc3cccc(F)c3)C2=O)cc1Cl. The highest BCUT2D eigenvalue weighted by Crippen LogP contribution is 2.37. The number of carbonyl (C=O) groups is 3. The first-order chi connectivity index (χ1) is 13.8. The predicted molar refractivity (Wildman–Crippen MR) is 111 cm³/mol. The minimum Gasteiger partial charge on any atom is -0.494 e. The predicted octanol–water partition coefficient (Wildman–Crippen LogP) is 4.82. The molecule has 1 fully saturated rings. The van der Waals surface area contributed by atoms with Crippen LogP contribution in [-0.4, -0.2) is 35.6 Å². The second kappa shape index (κ2) is 8.86. The monoisotopic (exact) mass is 454 g/mol. The maximum Gasteiger partial charge on any atom is 0.294 e. The first-order valence-corrected chi connectivity index (χ1v) is 9.69. The fraction of sp³-hybridized carbons (Fsp3) is 0.105. The Bertz CT molecular complexity index is 1020. The summed E-state index contributed by atoms with van der Waals surface area (Å²) in [4.78, 5) is 37.8. The van der Waals surface area contributed by atoms with Gasteiger partial charge in [-0.2, -0.15) is 0 Å². The molecule has 3 rings (SSSR count). The van der Waals surface area contributed by atoms with Gasteiger partial charge in [-0.05, 0) is 53.7 Å². The maximum atomic E-state index is 13.2. The van der Waals surface area contributed by atoms with Gasteiger partial charge in [-0.15, -0.1) is 0 Å². The molecule has 0 radical (unpaired) electrons. The van der Waals surface area contributed by atoms with Crippen LogP contribution < -0.4 is 10.1 Å². The molecule has 0 unspecified atom stereocenters. The molecular formula is C19H13Cl2FN2O4S.